The van der Waals surface area contributed by atoms with Gasteiger partial charge in [-0.1, -0.05) is 11.6 Å². The van der Waals surface area contributed by atoms with Gasteiger partial charge in [0.05, 0.1) is 12.1 Å². The summed E-state index contributed by atoms with van der Waals surface area (Å²) in [7, 11) is 1.66. The molecule has 7 nitrogen and oxygen atoms in total. The minimum absolute atomic E-state index is 0.0301. The highest BCUT2D eigenvalue weighted by atomic mass is 35.5. The van der Waals surface area contributed by atoms with Gasteiger partial charge in [0.1, 0.15) is 23.6 Å². The lowest BCUT2D eigenvalue weighted by molar-refractivity contribution is 0.415. The number of nitrogen functional groups attached to an aromatic ring is 1. The molecule has 2 heterocycles. The largest absolute Gasteiger partial charge is 0.497 e. The van der Waals surface area contributed by atoms with Crippen LogP contribution in [0.25, 0.3) is 0 Å². The summed E-state index contributed by atoms with van der Waals surface area (Å²) < 4.78 is 18.6. The Morgan fingerprint density at radius 3 is 2.40 bits per heavy atom. The molecule has 0 unspecified atom stereocenters. The predicted molar refractivity (Wildman–Crippen MR) is 119 cm³/mol. The maximum absolute atomic E-state index is 13.4. The van der Waals surface area contributed by atoms with Gasteiger partial charge < -0.3 is 25.6 Å². The summed E-state index contributed by atoms with van der Waals surface area (Å²) in [6.07, 6.45) is 1.47. The first kappa shape index (κ1) is 20.0. The molecule has 1 saturated heterocycles. The normalized spacial score (nSPS) is 14.0. The van der Waals surface area contributed by atoms with Crippen molar-refractivity contribution in [3.63, 3.8) is 0 Å². The molecular formula is C21H22ClFN6O. The molecule has 1 fully saturated rings. The van der Waals surface area contributed by atoms with E-state index in [9.17, 15) is 4.39 Å². The second-order valence-electron chi connectivity index (χ2n) is 6.89. The average molecular weight is 429 g/mol. The molecule has 156 valence electrons. The smallest absolute Gasteiger partial charge is 0.159 e. The van der Waals surface area contributed by atoms with Crippen LogP contribution < -0.4 is 25.6 Å². The van der Waals surface area contributed by atoms with E-state index in [0.29, 0.717) is 23.0 Å². The molecule has 0 radical (unpaired) electrons. The summed E-state index contributed by atoms with van der Waals surface area (Å²) in [5.41, 5.74) is 8.54. The van der Waals surface area contributed by atoms with Gasteiger partial charge in [-0.05, 0) is 42.5 Å². The van der Waals surface area contributed by atoms with Crippen LogP contribution in [0.3, 0.4) is 0 Å². The maximum atomic E-state index is 13.4. The van der Waals surface area contributed by atoms with E-state index in [-0.39, 0.29) is 5.02 Å². The minimum Gasteiger partial charge on any atom is -0.497 e. The van der Waals surface area contributed by atoms with Crippen molar-refractivity contribution < 1.29 is 9.13 Å². The molecule has 0 bridgehead atoms. The van der Waals surface area contributed by atoms with Gasteiger partial charge in [0.2, 0.25) is 0 Å². The highest BCUT2D eigenvalue weighted by molar-refractivity contribution is 6.31. The van der Waals surface area contributed by atoms with Crippen LogP contribution in [0.15, 0.2) is 48.8 Å². The summed E-state index contributed by atoms with van der Waals surface area (Å²) in [5, 5.41) is 3.12. The molecule has 3 aromatic rings. The van der Waals surface area contributed by atoms with Crippen LogP contribution in [0.5, 0.6) is 5.75 Å². The topological polar surface area (TPSA) is 79.5 Å². The first-order valence-corrected chi connectivity index (χ1v) is 9.89. The number of nitrogens with zero attached hydrogens (tertiary/aromatic N) is 4. The van der Waals surface area contributed by atoms with Crippen LogP contribution in [-0.2, 0) is 0 Å². The Labute approximate surface area is 179 Å². The van der Waals surface area contributed by atoms with Gasteiger partial charge in [0.25, 0.3) is 0 Å². The summed E-state index contributed by atoms with van der Waals surface area (Å²) in [5.74, 6) is 1.50. The van der Waals surface area contributed by atoms with Crippen LogP contribution in [-0.4, -0.2) is 43.3 Å². The number of anilines is 5. The van der Waals surface area contributed by atoms with Crippen LogP contribution in [0.4, 0.5) is 33.1 Å². The van der Waals surface area contributed by atoms with Crippen molar-refractivity contribution in [1.82, 2.24) is 9.97 Å². The van der Waals surface area contributed by atoms with Crippen LogP contribution >= 0.6 is 11.6 Å². The Kier molecular flexibility index (Phi) is 5.76. The molecule has 9 heteroatoms. The van der Waals surface area contributed by atoms with E-state index in [1.807, 2.05) is 12.1 Å². The van der Waals surface area contributed by atoms with Gasteiger partial charge in [-0.3, -0.25) is 0 Å². The fourth-order valence-corrected chi connectivity index (χ4v) is 3.60. The summed E-state index contributed by atoms with van der Waals surface area (Å²) in [6.45, 7) is 3.22. The third kappa shape index (κ3) is 4.18. The number of ether oxygens (including phenoxy) is 1. The van der Waals surface area contributed by atoms with Gasteiger partial charge >= 0.3 is 0 Å². The molecule has 0 aliphatic carbocycles. The van der Waals surface area contributed by atoms with Gasteiger partial charge in [-0.2, -0.15) is 0 Å². The molecule has 2 aromatic carbocycles. The van der Waals surface area contributed by atoms with E-state index in [1.165, 1.54) is 18.5 Å². The number of methoxy groups -OCH3 is 1. The Balaban J connectivity index is 1.45. The molecule has 0 spiro atoms. The Hall–Kier alpha value is -3.26. The monoisotopic (exact) mass is 428 g/mol. The number of benzene rings is 2. The Morgan fingerprint density at radius 2 is 1.73 bits per heavy atom. The lowest BCUT2D eigenvalue weighted by Gasteiger charge is -2.37. The molecule has 1 aliphatic heterocycles. The fourth-order valence-electron chi connectivity index (χ4n) is 3.42. The van der Waals surface area contributed by atoms with Crippen LogP contribution in [0, 0.1) is 5.82 Å². The standard InChI is InChI=1S/C21H22ClFN6O/c1-30-16-5-3-15(4-6-16)28-8-10-29(11-9-28)21-19(24)20(25-13-26-21)27-14-2-7-18(23)17(22)12-14/h2-7,12-13H,8-11,24H2,1H3,(H,25,26,27). The number of hydrogen-bond acceptors (Lipinski definition) is 7. The summed E-state index contributed by atoms with van der Waals surface area (Å²) >= 11 is 5.86. The van der Waals surface area contributed by atoms with Gasteiger partial charge in [0, 0.05) is 37.6 Å². The van der Waals surface area contributed by atoms with Crippen molar-refractivity contribution in [2.45, 2.75) is 0 Å². The zero-order valence-electron chi connectivity index (χ0n) is 16.5. The zero-order valence-corrected chi connectivity index (χ0v) is 17.2. The summed E-state index contributed by atoms with van der Waals surface area (Å²) in [6, 6.07) is 12.4. The quantitative estimate of drug-likeness (QED) is 0.637. The van der Waals surface area contributed by atoms with Gasteiger partial charge in [0.15, 0.2) is 11.6 Å². The maximum Gasteiger partial charge on any atom is 0.159 e. The number of nitrogens with one attached hydrogen (secondary N) is 1. The predicted octanol–water partition coefficient (Wildman–Crippen LogP) is 3.93. The van der Waals surface area contributed by atoms with E-state index in [2.05, 4.69) is 37.2 Å². The highest BCUT2D eigenvalue weighted by Gasteiger charge is 2.21. The van der Waals surface area contributed by atoms with E-state index < -0.39 is 5.82 Å². The molecule has 4 rings (SSSR count). The van der Waals surface area contributed by atoms with E-state index in [1.54, 1.807) is 13.2 Å². The number of nitrogens with two attached hydrogens (primary N) is 1. The number of aromatic nitrogens is 2. The molecule has 1 aliphatic rings. The average Bonchev–Trinajstić information content (AvgIpc) is 2.78. The van der Waals surface area contributed by atoms with Crippen LogP contribution in [0.1, 0.15) is 0 Å². The third-order valence-corrected chi connectivity index (χ3v) is 5.35. The molecule has 0 saturated carbocycles. The van der Waals surface area contributed by atoms with Crippen molar-refractivity contribution in [2.24, 2.45) is 0 Å². The number of hydrogen-bond donors (Lipinski definition) is 2. The molecule has 3 N–H and O–H groups in total. The molecule has 0 amide bonds. The second kappa shape index (κ2) is 8.62. The van der Waals surface area contributed by atoms with Crippen LogP contribution in [0.2, 0.25) is 5.02 Å². The second-order valence-corrected chi connectivity index (χ2v) is 7.29. The zero-order chi connectivity index (χ0) is 21.1. The van der Waals surface area contributed by atoms with E-state index >= 15 is 0 Å². The van der Waals surface area contributed by atoms with Gasteiger partial charge in [-0.25, -0.2) is 14.4 Å². The third-order valence-electron chi connectivity index (χ3n) is 5.06. The first-order chi connectivity index (χ1) is 14.5. The van der Waals surface area contributed by atoms with Gasteiger partial charge in [-0.15, -0.1) is 0 Å². The van der Waals surface area contributed by atoms with Crippen molar-refractivity contribution in [3.05, 3.63) is 59.6 Å². The van der Waals surface area contributed by atoms with E-state index in [0.717, 1.165) is 37.6 Å². The molecule has 1 aromatic heterocycles. The number of halogens is 2. The SMILES string of the molecule is COc1ccc(N2CCN(c3ncnc(Nc4ccc(F)c(Cl)c4)c3N)CC2)cc1. The van der Waals surface area contributed by atoms with Crippen molar-refractivity contribution in [2.75, 3.05) is 54.1 Å². The van der Waals surface area contributed by atoms with Crippen molar-refractivity contribution in [1.29, 1.82) is 0 Å². The molecule has 30 heavy (non-hydrogen) atoms. The van der Waals surface area contributed by atoms with Crippen molar-refractivity contribution >= 4 is 40.3 Å². The highest BCUT2D eigenvalue weighted by Crippen LogP contribution is 2.31. The number of piperazine rings is 1. The minimum atomic E-state index is -0.478. The van der Waals surface area contributed by atoms with E-state index in [4.69, 9.17) is 22.1 Å². The lowest BCUT2D eigenvalue weighted by atomic mass is 10.2. The summed E-state index contributed by atoms with van der Waals surface area (Å²) in [4.78, 5) is 13.1. The number of rotatable bonds is 5. The molecule has 0 atom stereocenters. The molecular weight excluding hydrogens is 407 g/mol. The first-order valence-electron chi connectivity index (χ1n) is 9.51. The lowest BCUT2D eigenvalue weighted by Crippen LogP contribution is -2.47. The Morgan fingerprint density at radius 1 is 1.03 bits per heavy atom. The Bertz CT molecular complexity index is 1020. The van der Waals surface area contributed by atoms with Crippen molar-refractivity contribution in [3.8, 4) is 5.75 Å². The fraction of sp³-hybridized carbons (Fsp3) is 0.238.